The van der Waals surface area contributed by atoms with Crippen molar-refractivity contribution in [3.8, 4) is 11.5 Å². The Hall–Kier alpha value is -3.68. The molecule has 0 unspecified atom stereocenters. The number of anilines is 2. The standard InChI is InChI=1S/C21H23N5O3/c1-26(11-8-15-6-9-22-10-7-15)20-13-18(23-14-24-20)21(27)25-17-12-16(28-2)4-5-19(17)29-3/h4-7,9-10,12-14H,8,11H2,1-3H3,(H,25,27). The van der Waals surface area contributed by atoms with E-state index in [0.717, 1.165) is 13.0 Å². The monoisotopic (exact) mass is 393 g/mol. The van der Waals surface area contributed by atoms with Gasteiger partial charge in [0.2, 0.25) is 0 Å². The van der Waals surface area contributed by atoms with Gasteiger partial charge in [-0.15, -0.1) is 0 Å². The molecule has 3 aromatic rings. The maximum absolute atomic E-state index is 12.7. The van der Waals surface area contributed by atoms with Gasteiger partial charge in [0.1, 0.15) is 29.3 Å². The van der Waals surface area contributed by atoms with E-state index in [1.165, 1.54) is 19.0 Å². The highest BCUT2D eigenvalue weighted by Gasteiger charge is 2.14. The van der Waals surface area contributed by atoms with Gasteiger partial charge in [0.25, 0.3) is 5.91 Å². The van der Waals surface area contributed by atoms with Crippen molar-refractivity contribution in [1.82, 2.24) is 15.0 Å². The molecule has 0 aliphatic rings. The Morgan fingerprint density at radius 3 is 2.59 bits per heavy atom. The largest absolute Gasteiger partial charge is 0.497 e. The third-order valence-electron chi connectivity index (χ3n) is 4.42. The topological polar surface area (TPSA) is 89.5 Å². The van der Waals surface area contributed by atoms with Gasteiger partial charge in [-0.2, -0.15) is 0 Å². The second-order valence-corrected chi connectivity index (χ2v) is 6.31. The Morgan fingerprint density at radius 2 is 1.86 bits per heavy atom. The molecular weight excluding hydrogens is 370 g/mol. The number of carbonyl (C=O) groups is 1. The Kier molecular flexibility index (Phi) is 6.57. The summed E-state index contributed by atoms with van der Waals surface area (Å²) in [4.78, 5) is 27.1. The summed E-state index contributed by atoms with van der Waals surface area (Å²) in [5, 5.41) is 2.82. The van der Waals surface area contributed by atoms with Crippen molar-refractivity contribution in [3.05, 3.63) is 66.4 Å². The molecule has 1 N–H and O–H groups in total. The van der Waals surface area contributed by atoms with Crippen molar-refractivity contribution in [2.45, 2.75) is 6.42 Å². The van der Waals surface area contributed by atoms with E-state index in [-0.39, 0.29) is 11.6 Å². The molecule has 3 rings (SSSR count). The number of hydrogen-bond donors (Lipinski definition) is 1. The number of pyridine rings is 1. The zero-order valence-electron chi connectivity index (χ0n) is 16.6. The fourth-order valence-corrected chi connectivity index (χ4v) is 2.74. The Balaban J connectivity index is 1.71. The lowest BCUT2D eigenvalue weighted by Gasteiger charge is -2.18. The normalized spacial score (nSPS) is 10.3. The average molecular weight is 393 g/mol. The molecule has 0 spiro atoms. The highest BCUT2D eigenvalue weighted by molar-refractivity contribution is 6.04. The molecule has 0 fully saturated rings. The van der Waals surface area contributed by atoms with Gasteiger partial charge in [-0.25, -0.2) is 9.97 Å². The Bertz CT molecular complexity index is 966. The van der Waals surface area contributed by atoms with Gasteiger partial charge >= 0.3 is 0 Å². The number of nitrogens with zero attached hydrogens (tertiary/aromatic N) is 4. The summed E-state index contributed by atoms with van der Waals surface area (Å²) in [6.45, 7) is 0.742. The maximum atomic E-state index is 12.7. The highest BCUT2D eigenvalue weighted by atomic mass is 16.5. The minimum Gasteiger partial charge on any atom is -0.497 e. The molecule has 0 bridgehead atoms. The highest BCUT2D eigenvalue weighted by Crippen LogP contribution is 2.29. The zero-order valence-corrected chi connectivity index (χ0v) is 16.6. The lowest BCUT2D eigenvalue weighted by molar-refractivity contribution is 0.102. The van der Waals surface area contributed by atoms with Crippen LogP contribution in [0.15, 0.2) is 55.1 Å². The predicted molar refractivity (Wildman–Crippen MR) is 111 cm³/mol. The number of amides is 1. The number of nitrogens with one attached hydrogen (secondary N) is 1. The number of benzene rings is 1. The average Bonchev–Trinajstić information content (AvgIpc) is 2.78. The third-order valence-corrected chi connectivity index (χ3v) is 4.42. The number of likely N-dealkylation sites (N-methyl/N-ethyl adjacent to an activating group) is 1. The van der Waals surface area contributed by atoms with Gasteiger partial charge in [-0.05, 0) is 36.2 Å². The van der Waals surface area contributed by atoms with Gasteiger partial charge in [0.15, 0.2) is 0 Å². The molecule has 0 atom stereocenters. The Morgan fingerprint density at radius 1 is 1.07 bits per heavy atom. The van der Waals surface area contributed by atoms with Gasteiger partial charge in [0.05, 0.1) is 19.9 Å². The molecule has 1 amide bonds. The van der Waals surface area contributed by atoms with Crippen molar-refractivity contribution in [1.29, 1.82) is 0 Å². The molecule has 0 aliphatic heterocycles. The van der Waals surface area contributed by atoms with Gasteiger partial charge in [-0.1, -0.05) is 0 Å². The van der Waals surface area contributed by atoms with Crippen LogP contribution in [-0.4, -0.2) is 48.7 Å². The van der Waals surface area contributed by atoms with Crippen LogP contribution in [-0.2, 0) is 6.42 Å². The number of methoxy groups -OCH3 is 2. The first-order valence-corrected chi connectivity index (χ1v) is 9.06. The van der Waals surface area contributed by atoms with Crippen molar-refractivity contribution >= 4 is 17.4 Å². The van der Waals surface area contributed by atoms with E-state index < -0.39 is 0 Å². The quantitative estimate of drug-likeness (QED) is 0.629. The van der Waals surface area contributed by atoms with Crippen LogP contribution in [0.2, 0.25) is 0 Å². The van der Waals surface area contributed by atoms with Crippen LogP contribution in [0.25, 0.3) is 0 Å². The first kappa shape index (κ1) is 20.1. The second-order valence-electron chi connectivity index (χ2n) is 6.31. The molecule has 2 aromatic heterocycles. The SMILES string of the molecule is COc1ccc(OC)c(NC(=O)c2cc(N(C)CCc3ccncc3)ncn2)c1. The molecular formula is C21H23N5O3. The van der Waals surface area contributed by atoms with Crippen LogP contribution < -0.4 is 19.7 Å². The van der Waals surface area contributed by atoms with Crippen molar-refractivity contribution in [2.75, 3.05) is 38.0 Å². The first-order valence-electron chi connectivity index (χ1n) is 9.06. The second kappa shape index (κ2) is 9.50. The molecule has 0 saturated heterocycles. The summed E-state index contributed by atoms with van der Waals surface area (Å²) in [7, 11) is 5.03. The smallest absolute Gasteiger partial charge is 0.274 e. The van der Waals surface area contributed by atoms with Crippen molar-refractivity contribution in [3.63, 3.8) is 0 Å². The minimum atomic E-state index is -0.359. The summed E-state index contributed by atoms with van der Waals surface area (Å²) in [6.07, 6.45) is 5.77. The van der Waals surface area contributed by atoms with E-state index in [0.29, 0.717) is 23.0 Å². The molecule has 29 heavy (non-hydrogen) atoms. The summed E-state index contributed by atoms with van der Waals surface area (Å²) >= 11 is 0. The molecule has 1 aromatic carbocycles. The van der Waals surface area contributed by atoms with E-state index in [1.54, 1.807) is 43.8 Å². The predicted octanol–water partition coefficient (Wildman–Crippen LogP) is 2.82. The minimum absolute atomic E-state index is 0.260. The molecule has 8 nitrogen and oxygen atoms in total. The molecule has 8 heteroatoms. The maximum Gasteiger partial charge on any atom is 0.274 e. The fraction of sp³-hybridized carbons (Fsp3) is 0.238. The molecule has 0 radical (unpaired) electrons. The third kappa shape index (κ3) is 5.19. The molecule has 0 saturated carbocycles. The Labute approximate surface area is 169 Å². The van der Waals surface area contributed by atoms with Gasteiger partial charge in [0, 0.05) is 38.1 Å². The number of ether oxygens (including phenoxy) is 2. The zero-order chi connectivity index (χ0) is 20.6. The lowest BCUT2D eigenvalue weighted by Crippen LogP contribution is -2.23. The van der Waals surface area contributed by atoms with Crippen LogP contribution in [0.3, 0.4) is 0 Å². The fourth-order valence-electron chi connectivity index (χ4n) is 2.74. The van der Waals surface area contributed by atoms with Crippen molar-refractivity contribution in [2.24, 2.45) is 0 Å². The van der Waals surface area contributed by atoms with Crippen molar-refractivity contribution < 1.29 is 14.3 Å². The number of hydrogen-bond acceptors (Lipinski definition) is 7. The summed E-state index contributed by atoms with van der Waals surface area (Å²) < 4.78 is 10.5. The molecule has 150 valence electrons. The summed E-state index contributed by atoms with van der Waals surface area (Å²) in [5.41, 5.74) is 1.95. The van der Waals surface area contributed by atoms with Crippen LogP contribution in [0, 0.1) is 0 Å². The number of rotatable bonds is 8. The lowest BCUT2D eigenvalue weighted by atomic mass is 10.2. The van der Waals surface area contributed by atoms with E-state index in [4.69, 9.17) is 9.47 Å². The van der Waals surface area contributed by atoms with Crippen LogP contribution >= 0.6 is 0 Å². The van der Waals surface area contributed by atoms with E-state index in [9.17, 15) is 4.79 Å². The number of aromatic nitrogens is 3. The van der Waals surface area contributed by atoms with Gasteiger partial charge < -0.3 is 19.7 Å². The first-order chi connectivity index (χ1) is 14.1. The molecule has 0 aliphatic carbocycles. The number of carbonyl (C=O) groups excluding carboxylic acids is 1. The van der Waals surface area contributed by atoms with E-state index in [2.05, 4.69) is 20.3 Å². The summed E-state index contributed by atoms with van der Waals surface area (Å²) in [6, 6.07) is 10.8. The van der Waals surface area contributed by atoms with E-state index >= 15 is 0 Å². The van der Waals surface area contributed by atoms with Gasteiger partial charge in [-0.3, -0.25) is 9.78 Å². The van der Waals surface area contributed by atoms with E-state index in [1.807, 2.05) is 24.1 Å². The van der Waals surface area contributed by atoms with Crippen LogP contribution in [0.1, 0.15) is 16.1 Å². The van der Waals surface area contributed by atoms with Crippen LogP contribution in [0.4, 0.5) is 11.5 Å². The summed E-state index contributed by atoms with van der Waals surface area (Å²) in [5.74, 6) is 1.45. The molecule has 2 heterocycles. The van der Waals surface area contributed by atoms with Crippen LogP contribution in [0.5, 0.6) is 11.5 Å².